The van der Waals surface area contributed by atoms with Gasteiger partial charge in [0.05, 0.1) is 5.69 Å². The van der Waals surface area contributed by atoms with Crippen molar-refractivity contribution >= 4 is 11.5 Å². The van der Waals surface area contributed by atoms with E-state index < -0.39 is 0 Å². The minimum Gasteiger partial charge on any atom is -0.396 e. The lowest BCUT2D eigenvalue weighted by atomic mass is 10.0. The largest absolute Gasteiger partial charge is 0.396 e. The van der Waals surface area contributed by atoms with Crippen LogP contribution in [0.3, 0.4) is 0 Å². The topological polar surface area (TPSA) is 71.2 Å². The summed E-state index contributed by atoms with van der Waals surface area (Å²) >= 11 is 0. The third-order valence-corrected chi connectivity index (χ3v) is 2.88. The van der Waals surface area contributed by atoms with Crippen molar-refractivity contribution in [3.05, 3.63) is 17.8 Å². The van der Waals surface area contributed by atoms with E-state index >= 15 is 0 Å². The van der Waals surface area contributed by atoms with Gasteiger partial charge in [-0.05, 0) is 30.9 Å². The third-order valence-electron chi connectivity index (χ3n) is 2.88. The predicted molar refractivity (Wildman–Crippen MR) is 67.4 cm³/mol. The molecule has 90 valence electrons. The van der Waals surface area contributed by atoms with E-state index in [-0.39, 0.29) is 6.61 Å². The Morgan fingerprint density at radius 3 is 2.94 bits per heavy atom. The highest BCUT2D eigenvalue weighted by atomic mass is 16.3. The van der Waals surface area contributed by atoms with Gasteiger partial charge < -0.3 is 16.2 Å². The molecule has 1 aromatic heterocycles. The molecule has 0 aliphatic heterocycles. The highest BCUT2D eigenvalue weighted by Gasteiger charge is 2.07. The summed E-state index contributed by atoms with van der Waals surface area (Å²) in [7, 11) is 0. The SMILES string of the molecule is CCC(CCO)CNc1nccc(C)c1N. The maximum atomic E-state index is 8.90. The summed E-state index contributed by atoms with van der Waals surface area (Å²) < 4.78 is 0. The standard InChI is InChI=1S/C12H21N3O/c1-3-10(5-7-16)8-15-12-11(13)9(2)4-6-14-12/h4,6,10,16H,3,5,7-8,13H2,1-2H3,(H,14,15). The molecule has 0 bridgehead atoms. The van der Waals surface area contributed by atoms with Crippen molar-refractivity contribution in [2.24, 2.45) is 5.92 Å². The second-order valence-corrected chi connectivity index (χ2v) is 4.06. The average molecular weight is 223 g/mol. The number of nitrogens with zero attached hydrogens (tertiary/aromatic N) is 1. The number of anilines is 2. The first-order valence-corrected chi connectivity index (χ1v) is 5.74. The van der Waals surface area contributed by atoms with Crippen LogP contribution in [0.25, 0.3) is 0 Å². The van der Waals surface area contributed by atoms with Crippen LogP contribution in [-0.2, 0) is 0 Å². The van der Waals surface area contributed by atoms with Gasteiger partial charge in [0.15, 0.2) is 0 Å². The molecule has 16 heavy (non-hydrogen) atoms. The Morgan fingerprint density at radius 1 is 1.56 bits per heavy atom. The van der Waals surface area contributed by atoms with Crippen LogP contribution in [0.2, 0.25) is 0 Å². The van der Waals surface area contributed by atoms with E-state index in [0.29, 0.717) is 11.6 Å². The second-order valence-electron chi connectivity index (χ2n) is 4.06. The van der Waals surface area contributed by atoms with Crippen LogP contribution in [0.5, 0.6) is 0 Å². The summed E-state index contributed by atoms with van der Waals surface area (Å²) in [6.07, 6.45) is 3.61. The number of aromatic nitrogens is 1. The van der Waals surface area contributed by atoms with Crippen LogP contribution in [0.4, 0.5) is 11.5 Å². The van der Waals surface area contributed by atoms with Gasteiger partial charge in [-0.2, -0.15) is 0 Å². The molecular formula is C12H21N3O. The van der Waals surface area contributed by atoms with E-state index in [2.05, 4.69) is 17.2 Å². The second kappa shape index (κ2) is 6.33. The van der Waals surface area contributed by atoms with E-state index in [9.17, 15) is 0 Å². The molecule has 1 unspecified atom stereocenters. The molecule has 4 nitrogen and oxygen atoms in total. The summed E-state index contributed by atoms with van der Waals surface area (Å²) in [6, 6.07) is 1.89. The molecule has 0 radical (unpaired) electrons. The summed E-state index contributed by atoms with van der Waals surface area (Å²) in [6.45, 7) is 5.12. The quantitative estimate of drug-likeness (QED) is 0.687. The number of hydrogen-bond donors (Lipinski definition) is 3. The van der Waals surface area contributed by atoms with Gasteiger partial charge in [-0.3, -0.25) is 0 Å². The molecule has 0 saturated heterocycles. The molecule has 1 heterocycles. The molecule has 0 saturated carbocycles. The van der Waals surface area contributed by atoms with Crippen LogP contribution >= 0.6 is 0 Å². The maximum Gasteiger partial charge on any atom is 0.149 e. The highest BCUT2D eigenvalue weighted by molar-refractivity contribution is 5.64. The smallest absolute Gasteiger partial charge is 0.149 e. The van der Waals surface area contributed by atoms with Gasteiger partial charge in [0.2, 0.25) is 0 Å². The first-order chi connectivity index (χ1) is 7.69. The number of rotatable bonds is 6. The molecule has 1 atom stereocenters. The Hall–Kier alpha value is -1.29. The fourth-order valence-corrected chi connectivity index (χ4v) is 1.58. The average Bonchev–Trinajstić information content (AvgIpc) is 2.29. The zero-order chi connectivity index (χ0) is 12.0. The van der Waals surface area contributed by atoms with Crippen molar-refractivity contribution in [2.75, 3.05) is 24.2 Å². The first-order valence-electron chi connectivity index (χ1n) is 5.74. The zero-order valence-corrected chi connectivity index (χ0v) is 10.0. The lowest BCUT2D eigenvalue weighted by molar-refractivity contribution is 0.258. The fraction of sp³-hybridized carbons (Fsp3) is 0.583. The predicted octanol–water partition coefficient (Wildman–Crippen LogP) is 1.79. The maximum absolute atomic E-state index is 8.90. The van der Waals surface area contributed by atoms with E-state index in [1.165, 1.54) is 0 Å². The molecule has 1 rings (SSSR count). The molecule has 4 heteroatoms. The van der Waals surface area contributed by atoms with Gasteiger partial charge in [-0.1, -0.05) is 13.3 Å². The number of nitrogen functional groups attached to an aromatic ring is 1. The number of aryl methyl sites for hydroxylation is 1. The van der Waals surface area contributed by atoms with Gasteiger partial charge in [-0.15, -0.1) is 0 Å². The number of pyridine rings is 1. The van der Waals surface area contributed by atoms with Crippen molar-refractivity contribution in [2.45, 2.75) is 26.7 Å². The zero-order valence-electron chi connectivity index (χ0n) is 10.0. The van der Waals surface area contributed by atoms with E-state index in [0.717, 1.165) is 30.8 Å². The third kappa shape index (κ3) is 3.38. The minimum absolute atomic E-state index is 0.233. The van der Waals surface area contributed by atoms with Crippen LogP contribution in [0.1, 0.15) is 25.3 Å². The summed E-state index contributed by atoms with van der Waals surface area (Å²) in [5.74, 6) is 1.21. The van der Waals surface area contributed by atoms with Crippen molar-refractivity contribution < 1.29 is 5.11 Å². The van der Waals surface area contributed by atoms with Gasteiger partial charge in [0.25, 0.3) is 0 Å². The monoisotopic (exact) mass is 223 g/mol. The number of nitrogens with one attached hydrogen (secondary N) is 1. The molecule has 0 aromatic carbocycles. The summed E-state index contributed by atoms with van der Waals surface area (Å²) in [5.41, 5.74) is 7.65. The van der Waals surface area contributed by atoms with Crippen LogP contribution in [-0.4, -0.2) is 23.2 Å². The lowest BCUT2D eigenvalue weighted by Crippen LogP contribution is -2.16. The Kier molecular flexibility index (Phi) is 5.05. The van der Waals surface area contributed by atoms with Gasteiger partial charge in [-0.25, -0.2) is 4.98 Å². The Morgan fingerprint density at radius 2 is 2.31 bits per heavy atom. The lowest BCUT2D eigenvalue weighted by Gasteiger charge is -2.16. The first kappa shape index (κ1) is 12.8. The molecule has 0 spiro atoms. The summed E-state index contributed by atoms with van der Waals surface area (Å²) in [5, 5.41) is 12.1. The Labute approximate surface area is 96.9 Å². The van der Waals surface area contributed by atoms with Crippen LogP contribution < -0.4 is 11.1 Å². The van der Waals surface area contributed by atoms with Crippen LogP contribution in [0, 0.1) is 12.8 Å². The highest BCUT2D eigenvalue weighted by Crippen LogP contribution is 2.19. The molecule has 0 aliphatic rings. The molecule has 0 fully saturated rings. The number of aliphatic hydroxyl groups is 1. The van der Waals surface area contributed by atoms with E-state index in [1.807, 2.05) is 13.0 Å². The Bertz CT molecular complexity index is 328. The molecule has 4 N–H and O–H groups in total. The normalized spacial score (nSPS) is 12.4. The fourth-order valence-electron chi connectivity index (χ4n) is 1.58. The van der Waals surface area contributed by atoms with Gasteiger partial charge in [0, 0.05) is 19.3 Å². The number of aliphatic hydroxyl groups excluding tert-OH is 1. The Balaban J connectivity index is 2.56. The number of hydrogen-bond acceptors (Lipinski definition) is 4. The van der Waals surface area contributed by atoms with Crippen molar-refractivity contribution in [1.82, 2.24) is 4.98 Å². The summed E-state index contributed by atoms with van der Waals surface area (Å²) in [4.78, 5) is 4.21. The van der Waals surface area contributed by atoms with E-state index in [4.69, 9.17) is 10.8 Å². The van der Waals surface area contributed by atoms with Crippen LogP contribution in [0.15, 0.2) is 12.3 Å². The minimum atomic E-state index is 0.233. The van der Waals surface area contributed by atoms with Crippen molar-refractivity contribution in [3.8, 4) is 0 Å². The van der Waals surface area contributed by atoms with Gasteiger partial charge in [0.1, 0.15) is 5.82 Å². The molecular weight excluding hydrogens is 202 g/mol. The molecule has 1 aromatic rings. The number of nitrogens with two attached hydrogens (primary N) is 1. The molecule has 0 aliphatic carbocycles. The van der Waals surface area contributed by atoms with Crippen molar-refractivity contribution in [1.29, 1.82) is 0 Å². The molecule has 0 amide bonds. The van der Waals surface area contributed by atoms with Crippen molar-refractivity contribution in [3.63, 3.8) is 0 Å². The van der Waals surface area contributed by atoms with E-state index in [1.54, 1.807) is 6.20 Å². The van der Waals surface area contributed by atoms with Gasteiger partial charge >= 0.3 is 0 Å².